The lowest BCUT2D eigenvalue weighted by Gasteiger charge is -2.20. The summed E-state index contributed by atoms with van der Waals surface area (Å²) >= 11 is 0. The average molecular weight is 136 g/mol. The van der Waals surface area contributed by atoms with Crippen molar-refractivity contribution in [2.45, 2.75) is 34.1 Å². The van der Waals surface area contributed by atoms with Crippen LogP contribution in [0.25, 0.3) is 0 Å². The molecule has 0 fully saturated rings. The van der Waals surface area contributed by atoms with E-state index in [0.717, 1.165) is 0 Å². The van der Waals surface area contributed by atoms with Gasteiger partial charge < -0.3 is 0 Å². The molecule has 56 valence electrons. The van der Waals surface area contributed by atoms with Gasteiger partial charge in [0.05, 0.1) is 0 Å². The number of hydrogen-bond donors (Lipinski definition) is 0. The Morgan fingerprint density at radius 2 is 1.90 bits per heavy atom. The zero-order chi connectivity index (χ0) is 7.72. The highest BCUT2D eigenvalue weighted by molar-refractivity contribution is 5.28. The molecule has 0 radical (unpaired) electrons. The van der Waals surface area contributed by atoms with Crippen LogP contribution in [0.5, 0.6) is 0 Å². The molecule has 0 saturated heterocycles. The Hall–Kier alpha value is -0.520. The fraction of sp³-hybridized carbons (Fsp3) is 0.600. The van der Waals surface area contributed by atoms with Crippen LogP contribution in [0.4, 0.5) is 0 Å². The van der Waals surface area contributed by atoms with Crippen LogP contribution in [0, 0.1) is 5.92 Å². The van der Waals surface area contributed by atoms with Gasteiger partial charge in [-0.05, 0) is 33.1 Å². The fourth-order valence-electron chi connectivity index (χ4n) is 1.36. The Bertz CT molecular complexity index is 194. The van der Waals surface area contributed by atoms with Gasteiger partial charge in [0.2, 0.25) is 0 Å². The monoisotopic (exact) mass is 136 g/mol. The first-order chi connectivity index (χ1) is 4.63. The van der Waals surface area contributed by atoms with Gasteiger partial charge in [0.15, 0.2) is 0 Å². The van der Waals surface area contributed by atoms with Gasteiger partial charge in [-0.2, -0.15) is 0 Å². The molecule has 1 atom stereocenters. The van der Waals surface area contributed by atoms with Crippen LogP contribution in [-0.2, 0) is 0 Å². The molecule has 1 unspecified atom stereocenters. The van der Waals surface area contributed by atoms with E-state index in [1.54, 1.807) is 11.1 Å². The van der Waals surface area contributed by atoms with Crippen molar-refractivity contribution in [1.29, 1.82) is 0 Å². The zero-order valence-corrected chi connectivity index (χ0v) is 7.36. The maximum atomic E-state index is 2.34. The van der Waals surface area contributed by atoms with Crippen molar-refractivity contribution in [3.8, 4) is 0 Å². The third-order valence-corrected chi connectivity index (χ3v) is 2.74. The van der Waals surface area contributed by atoms with Crippen molar-refractivity contribution in [2.24, 2.45) is 5.92 Å². The molecule has 1 rings (SSSR count). The van der Waals surface area contributed by atoms with Gasteiger partial charge in [0.25, 0.3) is 0 Å². The summed E-state index contributed by atoms with van der Waals surface area (Å²) in [4.78, 5) is 0. The normalized spacial score (nSPS) is 26.8. The molecule has 1 aliphatic rings. The predicted octanol–water partition coefficient (Wildman–Crippen LogP) is 3.31. The van der Waals surface area contributed by atoms with Crippen LogP contribution in [0.1, 0.15) is 34.1 Å². The minimum Gasteiger partial charge on any atom is -0.0810 e. The van der Waals surface area contributed by atoms with E-state index in [9.17, 15) is 0 Å². The molecule has 0 saturated carbocycles. The Morgan fingerprint density at radius 1 is 1.30 bits per heavy atom. The smallest absolute Gasteiger partial charge is 0.00242 e. The molecule has 0 aliphatic heterocycles. The van der Waals surface area contributed by atoms with Gasteiger partial charge in [-0.25, -0.2) is 0 Å². The molecule has 1 aliphatic carbocycles. The van der Waals surface area contributed by atoms with E-state index < -0.39 is 0 Å². The summed E-state index contributed by atoms with van der Waals surface area (Å²) in [5, 5.41) is 0. The molecule has 0 heteroatoms. The SMILES string of the molecule is CC1=CCC(C)=C(C)C1C. The van der Waals surface area contributed by atoms with Crippen LogP contribution in [-0.4, -0.2) is 0 Å². The van der Waals surface area contributed by atoms with E-state index in [1.165, 1.54) is 12.0 Å². The molecule has 0 heterocycles. The Balaban J connectivity index is 2.86. The molecule has 0 N–H and O–H groups in total. The number of hydrogen-bond acceptors (Lipinski definition) is 0. The molecule has 0 spiro atoms. The molecule has 0 nitrogen and oxygen atoms in total. The summed E-state index contributed by atoms with van der Waals surface area (Å²) in [6, 6.07) is 0. The highest BCUT2D eigenvalue weighted by Crippen LogP contribution is 2.28. The van der Waals surface area contributed by atoms with Gasteiger partial charge in [-0.15, -0.1) is 0 Å². The van der Waals surface area contributed by atoms with Crippen molar-refractivity contribution >= 4 is 0 Å². The average Bonchev–Trinajstić information content (AvgIpc) is 1.93. The Morgan fingerprint density at radius 3 is 2.40 bits per heavy atom. The maximum absolute atomic E-state index is 2.34. The van der Waals surface area contributed by atoms with E-state index >= 15 is 0 Å². The molecular weight excluding hydrogens is 120 g/mol. The first-order valence-corrected chi connectivity index (χ1v) is 3.96. The lowest BCUT2D eigenvalue weighted by molar-refractivity contribution is 0.754. The van der Waals surface area contributed by atoms with Crippen LogP contribution >= 0.6 is 0 Å². The van der Waals surface area contributed by atoms with E-state index in [2.05, 4.69) is 33.8 Å². The third kappa shape index (κ3) is 1.16. The maximum Gasteiger partial charge on any atom is -0.00242 e. The lowest BCUT2D eigenvalue weighted by Crippen LogP contribution is -2.04. The quantitative estimate of drug-likeness (QED) is 0.448. The number of allylic oxidation sites excluding steroid dienone is 4. The van der Waals surface area contributed by atoms with Gasteiger partial charge in [0, 0.05) is 0 Å². The van der Waals surface area contributed by atoms with E-state index in [-0.39, 0.29) is 0 Å². The second kappa shape index (κ2) is 2.61. The van der Waals surface area contributed by atoms with Gasteiger partial charge in [-0.1, -0.05) is 29.7 Å². The second-order valence-corrected chi connectivity index (χ2v) is 3.34. The molecule has 10 heavy (non-hydrogen) atoms. The summed E-state index contributed by atoms with van der Waals surface area (Å²) in [5.74, 6) is 0.689. The predicted molar refractivity (Wildman–Crippen MR) is 45.9 cm³/mol. The minimum absolute atomic E-state index is 0.689. The largest absolute Gasteiger partial charge is 0.0810 e. The summed E-state index contributed by atoms with van der Waals surface area (Å²) in [6.07, 6.45) is 3.51. The van der Waals surface area contributed by atoms with Crippen molar-refractivity contribution in [3.63, 3.8) is 0 Å². The van der Waals surface area contributed by atoms with Crippen molar-refractivity contribution in [1.82, 2.24) is 0 Å². The van der Waals surface area contributed by atoms with Gasteiger partial charge in [-0.3, -0.25) is 0 Å². The fourth-order valence-corrected chi connectivity index (χ4v) is 1.36. The highest BCUT2D eigenvalue weighted by Gasteiger charge is 2.12. The molecule has 0 aromatic heterocycles. The first-order valence-electron chi connectivity index (χ1n) is 3.96. The summed E-state index contributed by atoms with van der Waals surface area (Å²) in [7, 11) is 0. The topological polar surface area (TPSA) is 0 Å². The molecule has 0 aromatic carbocycles. The second-order valence-electron chi connectivity index (χ2n) is 3.34. The van der Waals surface area contributed by atoms with Gasteiger partial charge >= 0.3 is 0 Å². The van der Waals surface area contributed by atoms with E-state index in [1.807, 2.05) is 0 Å². The van der Waals surface area contributed by atoms with Crippen LogP contribution in [0.2, 0.25) is 0 Å². The first kappa shape index (κ1) is 7.59. The highest BCUT2D eigenvalue weighted by atomic mass is 14.2. The van der Waals surface area contributed by atoms with Crippen molar-refractivity contribution in [3.05, 3.63) is 22.8 Å². The Labute approximate surface area is 63.6 Å². The zero-order valence-electron chi connectivity index (χ0n) is 7.36. The van der Waals surface area contributed by atoms with E-state index in [4.69, 9.17) is 0 Å². The Kier molecular flexibility index (Phi) is 1.98. The summed E-state index contributed by atoms with van der Waals surface area (Å²) in [6.45, 7) is 8.98. The molecule has 0 amide bonds. The molecule has 0 aromatic rings. The number of rotatable bonds is 0. The van der Waals surface area contributed by atoms with Crippen LogP contribution < -0.4 is 0 Å². The minimum atomic E-state index is 0.689. The van der Waals surface area contributed by atoms with Crippen molar-refractivity contribution in [2.75, 3.05) is 0 Å². The van der Waals surface area contributed by atoms with E-state index in [0.29, 0.717) is 5.92 Å². The van der Waals surface area contributed by atoms with Crippen LogP contribution in [0.15, 0.2) is 22.8 Å². The standard InChI is InChI=1S/C10H16/c1-7-5-6-8(2)10(4)9(7)3/h5,9H,6H2,1-4H3. The van der Waals surface area contributed by atoms with Crippen molar-refractivity contribution < 1.29 is 0 Å². The van der Waals surface area contributed by atoms with Crippen LogP contribution in [0.3, 0.4) is 0 Å². The summed E-state index contributed by atoms with van der Waals surface area (Å²) < 4.78 is 0. The van der Waals surface area contributed by atoms with Gasteiger partial charge in [0.1, 0.15) is 0 Å². The molecular formula is C10H16. The molecule has 0 bridgehead atoms. The summed E-state index contributed by atoms with van der Waals surface area (Å²) in [5.41, 5.74) is 4.65. The lowest BCUT2D eigenvalue weighted by atomic mass is 9.85. The third-order valence-electron chi connectivity index (χ3n) is 2.74.